The van der Waals surface area contributed by atoms with Gasteiger partial charge in [0.2, 0.25) is 21.9 Å². The third kappa shape index (κ3) is 5.09. The number of benzene rings is 2. The van der Waals surface area contributed by atoms with Gasteiger partial charge >= 0.3 is 0 Å². The van der Waals surface area contributed by atoms with Gasteiger partial charge < -0.3 is 10.5 Å². The van der Waals surface area contributed by atoms with E-state index in [9.17, 15) is 12.8 Å². The van der Waals surface area contributed by atoms with Gasteiger partial charge in [-0.15, -0.1) is 0 Å². The fourth-order valence-electron chi connectivity index (χ4n) is 3.18. The Hall–Kier alpha value is -4.12. The number of sulfonamides is 1. The lowest BCUT2D eigenvalue weighted by Crippen LogP contribution is -2.17. The zero-order valence-corrected chi connectivity index (χ0v) is 18.7. The molecule has 0 aliphatic carbocycles. The van der Waals surface area contributed by atoms with Crippen molar-refractivity contribution in [2.75, 3.05) is 10.5 Å². The normalized spacial score (nSPS) is 11.3. The van der Waals surface area contributed by atoms with Gasteiger partial charge in [-0.05, 0) is 30.7 Å². The first-order valence-electron chi connectivity index (χ1n) is 9.98. The van der Waals surface area contributed by atoms with Crippen molar-refractivity contribution in [2.45, 2.75) is 12.7 Å². The van der Waals surface area contributed by atoms with E-state index in [4.69, 9.17) is 10.5 Å². The molecule has 0 saturated heterocycles. The van der Waals surface area contributed by atoms with E-state index in [0.29, 0.717) is 16.8 Å². The number of nitrogens with one attached hydrogen (secondary N) is 1. The van der Waals surface area contributed by atoms with Crippen LogP contribution in [0.2, 0.25) is 0 Å². The van der Waals surface area contributed by atoms with Crippen molar-refractivity contribution in [1.82, 2.24) is 15.0 Å². The highest BCUT2D eigenvalue weighted by atomic mass is 32.2. The van der Waals surface area contributed by atoms with Crippen molar-refractivity contribution >= 4 is 21.7 Å². The Balaban J connectivity index is 1.64. The maximum absolute atomic E-state index is 15.1. The summed E-state index contributed by atoms with van der Waals surface area (Å²) in [6.45, 7) is 1.34. The molecule has 2 aromatic carbocycles. The Labute approximate surface area is 194 Å². The zero-order chi connectivity index (χ0) is 24.3. The van der Waals surface area contributed by atoms with Crippen molar-refractivity contribution in [1.29, 1.82) is 0 Å². The highest BCUT2D eigenvalue weighted by molar-refractivity contribution is 7.91. The molecule has 0 radical (unpaired) electrons. The van der Waals surface area contributed by atoms with Gasteiger partial charge in [-0.2, -0.15) is 0 Å². The Morgan fingerprint density at radius 2 is 1.79 bits per heavy atom. The van der Waals surface area contributed by atoms with E-state index in [1.54, 1.807) is 48.5 Å². The van der Waals surface area contributed by atoms with Crippen LogP contribution < -0.4 is 15.2 Å². The number of hydrogen-bond donors (Lipinski definition) is 2. The van der Waals surface area contributed by atoms with Crippen molar-refractivity contribution < 1.29 is 21.9 Å². The minimum Gasteiger partial charge on any atom is -0.438 e. The fourth-order valence-corrected chi connectivity index (χ4v) is 4.38. The molecular formula is C23H19F2N5O3S. The van der Waals surface area contributed by atoms with Gasteiger partial charge in [-0.3, -0.25) is 4.72 Å². The molecule has 0 unspecified atom stereocenters. The maximum Gasteiger partial charge on any atom is 0.237 e. The second-order valence-electron chi connectivity index (χ2n) is 7.28. The first-order chi connectivity index (χ1) is 16.2. The Bertz CT molecular complexity index is 1450. The maximum atomic E-state index is 15.1. The summed E-state index contributed by atoms with van der Waals surface area (Å²) in [6, 6.07) is 14.0. The molecule has 0 aliphatic heterocycles. The molecule has 0 bridgehead atoms. The summed E-state index contributed by atoms with van der Waals surface area (Å²) in [6.07, 6.45) is 2.90. The van der Waals surface area contributed by atoms with Crippen molar-refractivity contribution in [2.24, 2.45) is 0 Å². The molecule has 4 aromatic rings. The summed E-state index contributed by atoms with van der Waals surface area (Å²) < 4.78 is 62.6. The Morgan fingerprint density at radius 1 is 1.03 bits per heavy atom. The molecule has 0 atom stereocenters. The number of halogens is 2. The summed E-state index contributed by atoms with van der Waals surface area (Å²) >= 11 is 0. The number of anilines is 2. The van der Waals surface area contributed by atoms with Crippen LogP contribution >= 0.6 is 0 Å². The van der Waals surface area contributed by atoms with Gasteiger partial charge in [0.25, 0.3) is 0 Å². The van der Waals surface area contributed by atoms with Gasteiger partial charge in [0, 0.05) is 24.0 Å². The summed E-state index contributed by atoms with van der Waals surface area (Å²) in [7, 11) is -4.08. The largest absolute Gasteiger partial charge is 0.438 e. The van der Waals surface area contributed by atoms with E-state index in [2.05, 4.69) is 15.0 Å². The highest BCUT2D eigenvalue weighted by Gasteiger charge is 2.23. The summed E-state index contributed by atoms with van der Waals surface area (Å²) in [4.78, 5) is 12.1. The second kappa shape index (κ2) is 9.40. The standard InChI is InChI=1S/C23H19F2N5O3S/c1-14-19(33-22-16(8-5-10-27-22)18-9-11-28-23(26)29-18)12-17(24)21(20(14)25)30-34(31,32)13-15-6-3-2-4-7-15/h2-12,30H,13H2,1H3,(H2,26,28,29). The van der Waals surface area contributed by atoms with Crippen LogP contribution in [0, 0.1) is 18.6 Å². The van der Waals surface area contributed by atoms with E-state index in [-0.39, 0.29) is 23.1 Å². The predicted octanol–water partition coefficient (Wildman–Crippen LogP) is 4.44. The van der Waals surface area contributed by atoms with Gasteiger partial charge in [-0.25, -0.2) is 32.2 Å². The van der Waals surface area contributed by atoms with Gasteiger partial charge in [0.15, 0.2) is 11.6 Å². The molecule has 3 N–H and O–H groups in total. The number of nitrogens with two attached hydrogens (primary N) is 1. The molecule has 0 aliphatic rings. The van der Waals surface area contributed by atoms with Crippen molar-refractivity contribution in [3.05, 3.63) is 89.8 Å². The topological polar surface area (TPSA) is 120 Å². The predicted molar refractivity (Wildman–Crippen MR) is 124 cm³/mol. The summed E-state index contributed by atoms with van der Waals surface area (Å²) in [5, 5.41) is 0. The number of pyridine rings is 1. The average Bonchev–Trinajstić information content (AvgIpc) is 2.81. The van der Waals surface area contributed by atoms with Crippen molar-refractivity contribution in [3.8, 4) is 22.9 Å². The van der Waals surface area contributed by atoms with Crippen LogP contribution in [0.1, 0.15) is 11.1 Å². The van der Waals surface area contributed by atoms with Crippen LogP contribution in [0.4, 0.5) is 20.4 Å². The minimum atomic E-state index is -4.08. The molecule has 11 heteroatoms. The lowest BCUT2D eigenvalue weighted by Gasteiger charge is -2.16. The average molecular weight is 484 g/mol. The number of rotatable bonds is 7. The molecular weight excluding hydrogens is 464 g/mol. The van der Waals surface area contributed by atoms with Crippen LogP contribution in [0.5, 0.6) is 11.6 Å². The van der Waals surface area contributed by atoms with E-state index in [0.717, 1.165) is 6.07 Å². The fraction of sp³-hybridized carbons (Fsp3) is 0.0870. The molecule has 174 valence electrons. The molecule has 2 heterocycles. The highest BCUT2D eigenvalue weighted by Crippen LogP contribution is 2.36. The first kappa shape index (κ1) is 23.1. The molecule has 0 amide bonds. The molecule has 0 saturated carbocycles. The van der Waals surface area contributed by atoms with Crippen LogP contribution in [0.15, 0.2) is 67.0 Å². The molecule has 0 spiro atoms. The number of ether oxygens (including phenoxy) is 1. The lowest BCUT2D eigenvalue weighted by molar-refractivity contribution is 0.448. The Kier molecular flexibility index (Phi) is 6.37. The van der Waals surface area contributed by atoms with E-state index in [1.165, 1.54) is 19.3 Å². The third-order valence-electron chi connectivity index (χ3n) is 4.80. The summed E-state index contributed by atoms with van der Waals surface area (Å²) in [5.41, 5.74) is 6.04. The zero-order valence-electron chi connectivity index (χ0n) is 17.9. The van der Waals surface area contributed by atoms with E-state index in [1.807, 2.05) is 4.72 Å². The van der Waals surface area contributed by atoms with Gasteiger partial charge in [0.05, 0.1) is 17.0 Å². The van der Waals surface area contributed by atoms with E-state index < -0.39 is 33.1 Å². The first-order valence-corrected chi connectivity index (χ1v) is 11.6. The van der Waals surface area contributed by atoms with Crippen molar-refractivity contribution in [3.63, 3.8) is 0 Å². The number of hydrogen-bond acceptors (Lipinski definition) is 7. The van der Waals surface area contributed by atoms with E-state index >= 15 is 4.39 Å². The van der Waals surface area contributed by atoms with Crippen LogP contribution in [-0.4, -0.2) is 23.4 Å². The SMILES string of the molecule is Cc1c(Oc2ncccc2-c2ccnc(N)n2)cc(F)c(NS(=O)(=O)Cc2ccccc2)c1F. The third-order valence-corrected chi connectivity index (χ3v) is 6.03. The molecule has 8 nitrogen and oxygen atoms in total. The number of aromatic nitrogens is 3. The summed E-state index contributed by atoms with van der Waals surface area (Å²) in [5.74, 6) is -2.80. The Morgan fingerprint density at radius 3 is 2.53 bits per heavy atom. The molecule has 4 rings (SSSR count). The van der Waals surface area contributed by atoms with Crippen LogP contribution in [0.3, 0.4) is 0 Å². The van der Waals surface area contributed by atoms with Gasteiger partial charge in [0.1, 0.15) is 11.4 Å². The van der Waals surface area contributed by atoms with Crippen LogP contribution in [0.25, 0.3) is 11.3 Å². The number of nitrogen functional groups attached to an aromatic ring is 1. The smallest absolute Gasteiger partial charge is 0.237 e. The molecule has 34 heavy (non-hydrogen) atoms. The molecule has 0 fully saturated rings. The monoisotopic (exact) mass is 483 g/mol. The lowest BCUT2D eigenvalue weighted by atomic mass is 10.1. The second-order valence-corrected chi connectivity index (χ2v) is 9.00. The van der Waals surface area contributed by atoms with Crippen LogP contribution in [-0.2, 0) is 15.8 Å². The quantitative estimate of drug-likeness (QED) is 0.399. The van der Waals surface area contributed by atoms with Gasteiger partial charge in [-0.1, -0.05) is 30.3 Å². The molecule has 2 aromatic heterocycles. The number of nitrogens with zero attached hydrogens (tertiary/aromatic N) is 3. The minimum absolute atomic E-state index is 0.0277.